The summed E-state index contributed by atoms with van der Waals surface area (Å²) in [4.78, 5) is 7.04. The molecular weight excluding hydrogens is 210 g/mol. The maximum Gasteiger partial charge on any atom is 0.0573 e. The van der Waals surface area contributed by atoms with Crippen LogP contribution in [0.1, 0.15) is 31.5 Å². The van der Waals surface area contributed by atoms with Gasteiger partial charge in [0.15, 0.2) is 0 Å². The van der Waals surface area contributed by atoms with Gasteiger partial charge in [0.25, 0.3) is 0 Å². The van der Waals surface area contributed by atoms with Gasteiger partial charge in [-0.2, -0.15) is 0 Å². The third-order valence-corrected chi connectivity index (χ3v) is 3.74. The van der Waals surface area contributed by atoms with E-state index in [4.69, 9.17) is 0 Å². The minimum atomic E-state index is 0.596. The van der Waals surface area contributed by atoms with Crippen molar-refractivity contribution in [3.63, 3.8) is 0 Å². The van der Waals surface area contributed by atoms with Crippen molar-refractivity contribution in [2.45, 2.75) is 45.8 Å². The molecular formula is C14H23N3. The standard InChI is InChI=1S/C14H23N3/c1-4-13-9-17(12(3)8-16-13)10-14-11(2)6-5-7-15-14/h5-7,12-13,16H,4,8-10H2,1-3H3. The summed E-state index contributed by atoms with van der Waals surface area (Å²) in [7, 11) is 0. The van der Waals surface area contributed by atoms with Gasteiger partial charge in [0.2, 0.25) is 0 Å². The molecule has 1 aliphatic rings. The van der Waals surface area contributed by atoms with Crippen molar-refractivity contribution >= 4 is 0 Å². The van der Waals surface area contributed by atoms with E-state index in [2.05, 4.69) is 42.0 Å². The van der Waals surface area contributed by atoms with Crippen LogP contribution in [0, 0.1) is 6.92 Å². The zero-order chi connectivity index (χ0) is 12.3. The first-order valence-corrected chi connectivity index (χ1v) is 6.58. The number of nitrogens with one attached hydrogen (secondary N) is 1. The predicted octanol–water partition coefficient (Wildman–Crippen LogP) is 1.96. The maximum atomic E-state index is 4.50. The second-order valence-electron chi connectivity index (χ2n) is 5.06. The Morgan fingerprint density at radius 2 is 2.35 bits per heavy atom. The van der Waals surface area contributed by atoms with Crippen LogP contribution in [0.25, 0.3) is 0 Å². The van der Waals surface area contributed by atoms with Crippen LogP contribution >= 0.6 is 0 Å². The van der Waals surface area contributed by atoms with Crippen molar-refractivity contribution < 1.29 is 0 Å². The fraction of sp³-hybridized carbons (Fsp3) is 0.643. The van der Waals surface area contributed by atoms with E-state index in [0.717, 1.165) is 19.6 Å². The Labute approximate surface area is 104 Å². The van der Waals surface area contributed by atoms with Gasteiger partial charge in [-0.1, -0.05) is 13.0 Å². The van der Waals surface area contributed by atoms with Crippen LogP contribution in [0.2, 0.25) is 0 Å². The molecule has 2 unspecified atom stereocenters. The second kappa shape index (κ2) is 5.61. The molecule has 3 nitrogen and oxygen atoms in total. The number of piperazine rings is 1. The summed E-state index contributed by atoms with van der Waals surface area (Å²) >= 11 is 0. The summed E-state index contributed by atoms with van der Waals surface area (Å²) in [5.41, 5.74) is 2.52. The van der Waals surface area contributed by atoms with Crippen LogP contribution in [0.5, 0.6) is 0 Å². The lowest BCUT2D eigenvalue weighted by Crippen LogP contribution is -2.54. The van der Waals surface area contributed by atoms with E-state index >= 15 is 0 Å². The van der Waals surface area contributed by atoms with Crippen molar-refractivity contribution in [1.82, 2.24) is 15.2 Å². The minimum Gasteiger partial charge on any atom is -0.311 e. The molecule has 1 aromatic rings. The summed E-state index contributed by atoms with van der Waals surface area (Å²) < 4.78 is 0. The van der Waals surface area contributed by atoms with E-state index in [1.165, 1.54) is 17.7 Å². The Bertz CT molecular complexity index is 364. The minimum absolute atomic E-state index is 0.596. The quantitative estimate of drug-likeness (QED) is 0.865. The zero-order valence-corrected chi connectivity index (χ0v) is 11.1. The maximum absolute atomic E-state index is 4.50. The Morgan fingerprint density at radius 3 is 3.06 bits per heavy atom. The van der Waals surface area contributed by atoms with Crippen LogP contribution in [0.4, 0.5) is 0 Å². The molecule has 0 spiro atoms. The van der Waals surface area contributed by atoms with Crippen LogP contribution in [0.3, 0.4) is 0 Å². The van der Waals surface area contributed by atoms with Gasteiger partial charge in [-0.3, -0.25) is 9.88 Å². The average Bonchev–Trinajstić information content (AvgIpc) is 2.35. The number of pyridine rings is 1. The Morgan fingerprint density at radius 1 is 1.53 bits per heavy atom. The average molecular weight is 233 g/mol. The van der Waals surface area contributed by atoms with Gasteiger partial charge < -0.3 is 5.32 Å². The highest BCUT2D eigenvalue weighted by Crippen LogP contribution is 2.14. The monoisotopic (exact) mass is 233 g/mol. The van der Waals surface area contributed by atoms with Gasteiger partial charge in [-0.25, -0.2) is 0 Å². The lowest BCUT2D eigenvalue weighted by molar-refractivity contribution is 0.130. The summed E-state index contributed by atoms with van der Waals surface area (Å²) in [5.74, 6) is 0. The van der Waals surface area contributed by atoms with E-state index < -0.39 is 0 Å². The highest BCUT2D eigenvalue weighted by molar-refractivity contribution is 5.17. The molecule has 0 radical (unpaired) electrons. The molecule has 1 aromatic heterocycles. The van der Waals surface area contributed by atoms with Gasteiger partial charge in [-0.05, 0) is 31.9 Å². The first-order chi connectivity index (χ1) is 8.20. The molecule has 2 heterocycles. The number of hydrogen-bond acceptors (Lipinski definition) is 3. The summed E-state index contributed by atoms with van der Waals surface area (Å²) in [5, 5.41) is 3.59. The Balaban J connectivity index is 2.04. The number of nitrogens with zero attached hydrogens (tertiary/aromatic N) is 2. The molecule has 94 valence electrons. The van der Waals surface area contributed by atoms with E-state index in [0.29, 0.717) is 12.1 Å². The Kier molecular flexibility index (Phi) is 4.13. The van der Waals surface area contributed by atoms with E-state index in [1.807, 2.05) is 12.3 Å². The summed E-state index contributed by atoms with van der Waals surface area (Å²) in [6, 6.07) is 5.39. The second-order valence-corrected chi connectivity index (χ2v) is 5.06. The molecule has 2 rings (SSSR count). The van der Waals surface area contributed by atoms with E-state index in [-0.39, 0.29) is 0 Å². The SMILES string of the molecule is CCC1CN(Cc2ncccc2C)C(C)CN1. The molecule has 1 aliphatic heterocycles. The van der Waals surface area contributed by atoms with E-state index in [1.54, 1.807) is 0 Å². The molecule has 0 aliphatic carbocycles. The topological polar surface area (TPSA) is 28.2 Å². The molecule has 17 heavy (non-hydrogen) atoms. The van der Waals surface area contributed by atoms with E-state index in [9.17, 15) is 0 Å². The zero-order valence-electron chi connectivity index (χ0n) is 11.1. The molecule has 0 amide bonds. The van der Waals surface area contributed by atoms with Crippen LogP contribution < -0.4 is 5.32 Å². The molecule has 2 atom stereocenters. The molecule has 0 bridgehead atoms. The normalized spacial score (nSPS) is 26.1. The van der Waals surface area contributed by atoms with Gasteiger partial charge >= 0.3 is 0 Å². The van der Waals surface area contributed by atoms with Gasteiger partial charge in [0.1, 0.15) is 0 Å². The summed E-state index contributed by atoms with van der Waals surface area (Å²) in [6.07, 6.45) is 3.09. The Hall–Kier alpha value is -0.930. The first-order valence-electron chi connectivity index (χ1n) is 6.58. The smallest absolute Gasteiger partial charge is 0.0573 e. The number of hydrogen-bond donors (Lipinski definition) is 1. The lowest BCUT2D eigenvalue weighted by Gasteiger charge is -2.38. The first kappa shape index (κ1) is 12.5. The molecule has 0 saturated carbocycles. The van der Waals surface area contributed by atoms with Crippen molar-refractivity contribution in [3.8, 4) is 0 Å². The van der Waals surface area contributed by atoms with Crippen molar-refractivity contribution in [1.29, 1.82) is 0 Å². The molecule has 3 heteroatoms. The van der Waals surface area contributed by atoms with Crippen LogP contribution in [-0.4, -0.2) is 35.1 Å². The van der Waals surface area contributed by atoms with Gasteiger partial charge in [0, 0.05) is 37.9 Å². The van der Waals surface area contributed by atoms with Crippen molar-refractivity contribution in [2.24, 2.45) is 0 Å². The van der Waals surface area contributed by atoms with Crippen LogP contribution in [-0.2, 0) is 6.54 Å². The highest BCUT2D eigenvalue weighted by Gasteiger charge is 2.24. The molecule has 1 fully saturated rings. The third kappa shape index (κ3) is 3.05. The molecule has 0 aromatic carbocycles. The number of rotatable bonds is 3. The van der Waals surface area contributed by atoms with Crippen LogP contribution in [0.15, 0.2) is 18.3 Å². The largest absolute Gasteiger partial charge is 0.311 e. The highest BCUT2D eigenvalue weighted by atomic mass is 15.2. The third-order valence-electron chi connectivity index (χ3n) is 3.74. The van der Waals surface area contributed by atoms with Crippen molar-refractivity contribution in [2.75, 3.05) is 13.1 Å². The fourth-order valence-corrected chi connectivity index (χ4v) is 2.36. The lowest BCUT2D eigenvalue weighted by atomic mass is 10.1. The molecule has 1 saturated heterocycles. The number of aryl methyl sites for hydroxylation is 1. The molecule has 1 N–H and O–H groups in total. The number of aromatic nitrogens is 1. The predicted molar refractivity (Wildman–Crippen MR) is 70.9 cm³/mol. The van der Waals surface area contributed by atoms with Gasteiger partial charge in [-0.15, -0.1) is 0 Å². The van der Waals surface area contributed by atoms with Crippen molar-refractivity contribution in [3.05, 3.63) is 29.6 Å². The fourth-order valence-electron chi connectivity index (χ4n) is 2.36. The van der Waals surface area contributed by atoms with Gasteiger partial charge in [0.05, 0.1) is 5.69 Å². The summed E-state index contributed by atoms with van der Waals surface area (Å²) in [6.45, 7) is 9.88.